The number of hydrogen-bond acceptors (Lipinski definition) is 7. The van der Waals surface area contributed by atoms with Crippen LogP contribution >= 0.6 is 0 Å². The van der Waals surface area contributed by atoms with Crippen molar-refractivity contribution in [2.24, 2.45) is 0 Å². The number of H-pyrrole nitrogens is 1. The average molecular weight is 490 g/mol. The number of benzene rings is 2. The highest BCUT2D eigenvalue weighted by molar-refractivity contribution is 6.05. The van der Waals surface area contributed by atoms with Gasteiger partial charge >= 0.3 is 12.0 Å². The summed E-state index contributed by atoms with van der Waals surface area (Å²) in [5.74, 6) is -0.344. The van der Waals surface area contributed by atoms with Crippen molar-refractivity contribution < 1.29 is 23.0 Å². The van der Waals surface area contributed by atoms with Gasteiger partial charge in [0.1, 0.15) is 11.2 Å². The minimum atomic E-state index is -3.74. The van der Waals surface area contributed by atoms with Crippen LogP contribution < -0.4 is 20.5 Å². The number of aromatic nitrogens is 5. The Hall–Kier alpha value is -4.87. The van der Waals surface area contributed by atoms with Gasteiger partial charge in [-0.2, -0.15) is 4.68 Å². The zero-order valence-electron chi connectivity index (χ0n) is 18.5. The summed E-state index contributed by atoms with van der Waals surface area (Å²) in [5.41, 5.74) is 1.49. The maximum atomic E-state index is 13.4. The molecule has 1 aliphatic heterocycles. The molecule has 2 N–H and O–H groups in total. The number of nitrogens with zero attached hydrogens (tertiary/aromatic N) is 4. The first-order chi connectivity index (χ1) is 17.2. The Labute approximate surface area is 201 Å². The molecule has 6 rings (SSSR count). The van der Waals surface area contributed by atoms with Crippen molar-refractivity contribution in [1.29, 1.82) is 0 Å². The highest BCUT2D eigenvalue weighted by atomic mass is 19.3. The van der Waals surface area contributed by atoms with Gasteiger partial charge in [-0.3, -0.25) is 4.79 Å². The first-order valence-corrected chi connectivity index (χ1v) is 10.8. The molecular weight excluding hydrogens is 474 g/mol. The number of aryl methyl sites for hydroxylation is 1. The number of ether oxygens (including phenoxy) is 2. The fourth-order valence-electron chi connectivity index (χ4n) is 4.03. The van der Waals surface area contributed by atoms with Crippen LogP contribution in [0.15, 0.2) is 71.5 Å². The number of tetrazole rings is 1. The number of aromatic amines is 1. The molecule has 1 aliphatic carbocycles. The normalized spacial score (nSPS) is 16.1. The highest BCUT2D eigenvalue weighted by Crippen LogP contribution is 2.47. The Morgan fingerprint density at radius 1 is 1.06 bits per heavy atom. The molecule has 4 aromatic rings. The molecule has 12 heteroatoms. The highest BCUT2D eigenvalue weighted by Gasteiger charge is 2.48. The van der Waals surface area contributed by atoms with Gasteiger partial charge in [0, 0.05) is 5.56 Å². The van der Waals surface area contributed by atoms with Gasteiger partial charge in [-0.1, -0.05) is 36.4 Å². The minimum absolute atomic E-state index is 0.0973. The first-order valence-electron chi connectivity index (χ1n) is 10.8. The lowest BCUT2D eigenvalue weighted by atomic mass is 9.92. The molecule has 1 amide bonds. The van der Waals surface area contributed by atoms with Crippen molar-refractivity contribution in [2.75, 3.05) is 5.32 Å². The molecule has 0 atom stereocenters. The minimum Gasteiger partial charge on any atom is -0.395 e. The molecule has 3 heterocycles. The van der Waals surface area contributed by atoms with Gasteiger partial charge in [0.2, 0.25) is 5.91 Å². The number of rotatable bonds is 5. The summed E-state index contributed by atoms with van der Waals surface area (Å²) in [6.45, 7) is 1.87. The van der Waals surface area contributed by atoms with Crippen molar-refractivity contribution in [1.82, 2.24) is 25.2 Å². The van der Waals surface area contributed by atoms with E-state index in [1.807, 2.05) is 19.1 Å². The third-order valence-corrected chi connectivity index (χ3v) is 5.93. The van der Waals surface area contributed by atoms with Gasteiger partial charge in [-0.25, -0.2) is 14.9 Å². The number of nitrogens with one attached hydrogen (secondary N) is 2. The number of anilines is 1. The molecule has 0 saturated carbocycles. The molecule has 2 aromatic carbocycles. The fraction of sp³-hybridized carbons (Fsp3) is 0.125. The van der Waals surface area contributed by atoms with Crippen molar-refractivity contribution in [2.45, 2.75) is 18.6 Å². The number of carbonyl (C=O) groups excluding carboxylic acids is 1. The van der Waals surface area contributed by atoms with Crippen LogP contribution in [0, 0.1) is 6.92 Å². The second-order valence-corrected chi connectivity index (χ2v) is 8.32. The lowest BCUT2D eigenvalue weighted by molar-refractivity contribution is -0.286. The van der Waals surface area contributed by atoms with Gasteiger partial charge in [0.05, 0.1) is 11.4 Å². The monoisotopic (exact) mass is 490 g/mol. The largest absolute Gasteiger partial charge is 0.586 e. The zero-order valence-corrected chi connectivity index (χ0v) is 18.5. The van der Waals surface area contributed by atoms with Crippen LogP contribution in [-0.2, 0) is 10.2 Å². The lowest BCUT2D eigenvalue weighted by Crippen LogP contribution is -2.29. The Bertz CT molecular complexity index is 1620. The third-order valence-electron chi connectivity index (χ3n) is 5.93. The summed E-state index contributed by atoms with van der Waals surface area (Å²) in [4.78, 5) is 29.7. The van der Waals surface area contributed by atoms with Crippen LogP contribution in [-0.4, -0.2) is 37.4 Å². The molecule has 0 saturated heterocycles. The second kappa shape index (κ2) is 7.57. The predicted molar refractivity (Wildman–Crippen MR) is 122 cm³/mol. The van der Waals surface area contributed by atoms with E-state index < -0.39 is 23.3 Å². The molecule has 0 radical (unpaired) electrons. The van der Waals surface area contributed by atoms with E-state index in [9.17, 15) is 18.4 Å². The topological polar surface area (TPSA) is 124 Å². The van der Waals surface area contributed by atoms with Crippen LogP contribution in [0.2, 0.25) is 0 Å². The number of pyridine rings is 1. The van der Waals surface area contributed by atoms with E-state index in [2.05, 4.69) is 35.3 Å². The molecule has 0 unspecified atom stereocenters. The molecule has 180 valence electrons. The van der Waals surface area contributed by atoms with E-state index in [0.717, 1.165) is 10.2 Å². The van der Waals surface area contributed by atoms with Gasteiger partial charge in [0.15, 0.2) is 11.5 Å². The Kier molecular flexibility index (Phi) is 4.55. The van der Waals surface area contributed by atoms with Crippen LogP contribution in [0.1, 0.15) is 11.1 Å². The van der Waals surface area contributed by atoms with Crippen LogP contribution in [0.25, 0.3) is 16.9 Å². The number of amides is 1. The van der Waals surface area contributed by atoms with E-state index in [1.165, 1.54) is 18.2 Å². The molecular formula is C24H16F2N6O4. The van der Waals surface area contributed by atoms with Crippen molar-refractivity contribution in [3.63, 3.8) is 0 Å². The van der Waals surface area contributed by atoms with Gasteiger partial charge in [-0.15, -0.1) is 8.78 Å². The molecule has 36 heavy (non-hydrogen) atoms. The zero-order chi connectivity index (χ0) is 25.1. The number of hydrogen-bond donors (Lipinski definition) is 2. The van der Waals surface area contributed by atoms with Crippen molar-refractivity contribution >= 4 is 11.7 Å². The van der Waals surface area contributed by atoms with Gasteiger partial charge in [-0.05, 0) is 58.8 Å². The number of alkyl halides is 2. The maximum absolute atomic E-state index is 13.4. The number of halogens is 2. The molecule has 0 bridgehead atoms. The fourth-order valence-corrected chi connectivity index (χ4v) is 4.03. The van der Waals surface area contributed by atoms with E-state index in [1.54, 1.807) is 36.4 Å². The Morgan fingerprint density at radius 3 is 2.61 bits per heavy atom. The molecule has 2 aromatic heterocycles. The van der Waals surface area contributed by atoms with Crippen LogP contribution in [0.5, 0.6) is 11.5 Å². The summed E-state index contributed by atoms with van der Waals surface area (Å²) in [7, 11) is 0. The Balaban J connectivity index is 1.27. The van der Waals surface area contributed by atoms with Gasteiger partial charge < -0.3 is 14.8 Å². The van der Waals surface area contributed by atoms with Crippen molar-refractivity contribution in [3.8, 4) is 28.4 Å². The van der Waals surface area contributed by atoms with Crippen molar-refractivity contribution in [3.05, 3.63) is 88.4 Å². The van der Waals surface area contributed by atoms with E-state index in [4.69, 9.17) is 0 Å². The van der Waals surface area contributed by atoms with Crippen LogP contribution in [0.3, 0.4) is 0 Å². The summed E-state index contributed by atoms with van der Waals surface area (Å²) in [6, 6.07) is 14.7. The summed E-state index contributed by atoms with van der Waals surface area (Å²) in [6.07, 6.45) is -0.424. The summed E-state index contributed by atoms with van der Waals surface area (Å²) < 4.78 is 36.8. The smallest absolute Gasteiger partial charge is 0.395 e. The Morgan fingerprint density at radius 2 is 1.86 bits per heavy atom. The van der Waals surface area contributed by atoms with E-state index in [0.29, 0.717) is 28.3 Å². The summed E-state index contributed by atoms with van der Waals surface area (Å²) in [5, 5.41) is 12.3. The summed E-state index contributed by atoms with van der Waals surface area (Å²) >= 11 is 0. The average Bonchev–Trinajstić information content (AvgIpc) is 3.45. The first kappa shape index (κ1) is 21.6. The third kappa shape index (κ3) is 3.59. The molecule has 10 nitrogen and oxygen atoms in total. The maximum Gasteiger partial charge on any atom is 0.586 e. The second-order valence-electron chi connectivity index (χ2n) is 8.32. The van der Waals surface area contributed by atoms with Crippen LogP contribution in [0.4, 0.5) is 14.6 Å². The SMILES string of the molecule is Cc1ccc(NC(=O)C2(c3ccc4c(c3)OC(F)(F)O4)C=C2)nc1-c1cccc(-n2nn[nH]c2=O)c1. The molecule has 0 fully saturated rings. The molecule has 0 spiro atoms. The predicted octanol–water partition coefficient (Wildman–Crippen LogP) is 3.09. The number of fused-ring (bicyclic) bond motifs is 1. The molecule has 2 aliphatic rings. The van der Waals surface area contributed by atoms with E-state index >= 15 is 0 Å². The number of carbonyl (C=O) groups is 1. The standard InChI is InChI=1S/C24H16F2N6O4/c1-13-5-8-19(27-20(13)14-3-2-4-16(11-14)32-22(34)29-30-31-32)28-21(33)23(9-10-23)15-6-7-17-18(12-15)36-24(25,26)35-17/h2-12H,1H3,(H,27,28,33)(H,29,31,34). The van der Waals surface area contributed by atoms with E-state index in [-0.39, 0.29) is 11.5 Å². The van der Waals surface area contributed by atoms with Gasteiger partial charge in [0.25, 0.3) is 0 Å². The lowest BCUT2D eigenvalue weighted by Gasteiger charge is -2.17. The quantitative estimate of drug-likeness (QED) is 0.412.